The highest BCUT2D eigenvalue weighted by atomic mass is 16.6. The number of amides is 1. The van der Waals surface area contributed by atoms with E-state index in [-0.39, 0.29) is 11.3 Å². The first-order chi connectivity index (χ1) is 12.8. The number of carbonyl (C=O) groups is 2. The Labute approximate surface area is 156 Å². The van der Waals surface area contributed by atoms with E-state index in [0.717, 1.165) is 18.1 Å². The third-order valence-corrected chi connectivity index (χ3v) is 3.90. The summed E-state index contributed by atoms with van der Waals surface area (Å²) in [5.41, 5.74) is 1.88. The lowest BCUT2D eigenvalue weighted by molar-refractivity contribution is -0.384. The second-order valence-electron chi connectivity index (χ2n) is 5.99. The van der Waals surface area contributed by atoms with Gasteiger partial charge in [-0.25, -0.2) is 4.79 Å². The van der Waals surface area contributed by atoms with Crippen LogP contribution in [-0.4, -0.2) is 37.5 Å². The van der Waals surface area contributed by atoms with Crippen LogP contribution >= 0.6 is 0 Å². The molecule has 0 aliphatic heterocycles. The van der Waals surface area contributed by atoms with Crippen molar-refractivity contribution in [3.05, 3.63) is 63.7 Å². The average Bonchev–Trinajstić information content (AvgIpc) is 2.65. The molecular weight excluding hydrogens is 350 g/mol. The highest BCUT2D eigenvalue weighted by Gasteiger charge is 2.20. The summed E-state index contributed by atoms with van der Waals surface area (Å²) in [6.07, 6.45) is 0.746. The number of non-ortho nitro benzene ring substituents is 1. The topological polar surface area (TPSA) is 102 Å². The van der Waals surface area contributed by atoms with Gasteiger partial charge in [0.2, 0.25) is 0 Å². The fraction of sp³-hybridized carbons (Fsp3) is 0.263. The van der Waals surface area contributed by atoms with Gasteiger partial charge in [-0.05, 0) is 24.1 Å². The van der Waals surface area contributed by atoms with Crippen LogP contribution in [0.1, 0.15) is 22.8 Å². The number of nitrogens with zero attached hydrogens (tertiary/aromatic N) is 2. The molecule has 0 bridgehead atoms. The molecule has 0 saturated carbocycles. The van der Waals surface area contributed by atoms with Gasteiger partial charge in [-0.15, -0.1) is 0 Å². The Bertz CT molecular complexity index is 864. The van der Waals surface area contributed by atoms with Crippen molar-refractivity contribution < 1.29 is 19.2 Å². The van der Waals surface area contributed by atoms with Gasteiger partial charge >= 0.3 is 5.97 Å². The first-order valence-corrected chi connectivity index (χ1v) is 8.34. The monoisotopic (exact) mass is 371 g/mol. The van der Waals surface area contributed by atoms with Crippen molar-refractivity contribution >= 4 is 28.9 Å². The minimum atomic E-state index is -0.804. The molecule has 27 heavy (non-hydrogen) atoms. The zero-order valence-electron chi connectivity index (χ0n) is 15.4. The summed E-state index contributed by atoms with van der Waals surface area (Å²) < 4.78 is 5.06. The number of benzene rings is 2. The van der Waals surface area contributed by atoms with E-state index in [2.05, 4.69) is 5.32 Å². The van der Waals surface area contributed by atoms with Crippen molar-refractivity contribution in [1.82, 2.24) is 0 Å². The van der Waals surface area contributed by atoms with E-state index in [1.54, 1.807) is 31.1 Å². The highest BCUT2D eigenvalue weighted by molar-refractivity contribution is 5.99. The third-order valence-electron chi connectivity index (χ3n) is 3.90. The van der Waals surface area contributed by atoms with Gasteiger partial charge in [0.15, 0.2) is 6.61 Å². The molecule has 2 aromatic carbocycles. The van der Waals surface area contributed by atoms with E-state index in [1.165, 1.54) is 12.1 Å². The molecule has 0 atom stereocenters. The van der Waals surface area contributed by atoms with Crippen LogP contribution in [0.3, 0.4) is 0 Å². The van der Waals surface area contributed by atoms with E-state index in [0.29, 0.717) is 11.4 Å². The molecule has 2 aromatic rings. The summed E-state index contributed by atoms with van der Waals surface area (Å²) in [5, 5.41) is 13.7. The number of nitro groups is 1. The molecule has 0 aliphatic rings. The second-order valence-corrected chi connectivity index (χ2v) is 5.99. The number of para-hydroxylation sites is 1. The van der Waals surface area contributed by atoms with Gasteiger partial charge in [0.1, 0.15) is 0 Å². The molecule has 1 N–H and O–H groups in total. The van der Waals surface area contributed by atoms with Crippen LogP contribution in [0.4, 0.5) is 17.1 Å². The van der Waals surface area contributed by atoms with Gasteiger partial charge in [0, 0.05) is 31.9 Å². The van der Waals surface area contributed by atoms with E-state index in [9.17, 15) is 19.7 Å². The van der Waals surface area contributed by atoms with Gasteiger partial charge in [0.25, 0.3) is 11.6 Å². The van der Waals surface area contributed by atoms with Crippen LogP contribution in [-0.2, 0) is 16.0 Å². The lowest BCUT2D eigenvalue weighted by Crippen LogP contribution is -2.22. The maximum absolute atomic E-state index is 12.4. The first kappa shape index (κ1) is 19.9. The number of nitrogens with one attached hydrogen (secondary N) is 1. The first-order valence-electron chi connectivity index (χ1n) is 8.34. The molecule has 0 aliphatic carbocycles. The quantitative estimate of drug-likeness (QED) is 0.456. The molecule has 2 rings (SSSR count). The number of hydrogen-bond acceptors (Lipinski definition) is 6. The predicted molar refractivity (Wildman–Crippen MR) is 102 cm³/mol. The lowest BCUT2D eigenvalue weighted by Gasteiger charge is -2.16. The summed E-state index contributed by atoms with van der Waals surface area (Å²) in [4.78, 5) is 36.5. The summed E-state index contributed by atoms with van der Waals surface area (Å²) in [6.45, 7) is 1.47. The second kappa shape index (κ2) is 8.79. The minimum Gasteiger partial charge on any atom is -0.452 e. The smallest absolute Gasteiger partial charge is 0.341 e. The van der Waals surface area contributed by atoms with Crippen molar-refractivity contribution in [1.29, 1.82) is 0 Å². The number of carbonyl (C=O) groups excluding carboxylic acids is 2. The zero-order valence-corrected chi connectivity index (χ0v) is 15.4. The van der Waals surface area contributed by atoms with Gasteiger partial charge in [-0.2, -0.15) is 0 Å². The Morgan fingerprint density at radius 3 is 2.52 bits per heavy atom. The number of esters is 1. The van der Waals surface area contributed by atoms with Crippen molar-refractivity contribution in [3.63, 3.8) is 0 Å². The summed E-state index contributed by atoms with van der Waals surface area (Å²) in [6, 6.07) is 11.2. The van der Waals surface area contributed by atoms with Gasteiger partial charge in [-0.3, -0.25) is 14.9 Å². The van der Waals surface area contributed by atoms with E-state index in [1.807, 2.05) is 19.1 Å². The molecule has 1 amide bonds. The zero-order chi connectivity index (χ0) is 20.0. The van der Waals surface area contributed by atoms with E-state index in [4.69, 9.17) is 4.74 Å². The van der Waals surface area contributed by atoms with Crippen LogP contribution in [0.15, 0.2) is 42.5 Å². The van der Waals surface area contributed by atoms with Gasteiger partial charge in [-0.1, -0.05) is 25.1 Å². The van der Waals surface area contributed by atoms with Gasteiger partial charge < -0.3 is 15.0 Å². The SMILES string of the molecule is CCc1ccccc1NC(=O)COC(=O)c1cc([N+](=O)[O-])ccc1N(C)C. The molecule has 0 spiro atoms. The number of hydrogen-bond donors (Lipinski definition) is 1. The average molecular weight is 371 g/mol. The van der Waals surface area contributed by atoms with Crippen molar-refractivity contribution in [2.45, 2.75) is 13.3 Å². The highest BCUT2D eigenvalue weighted by Crippen LogP contribution is 2.25. The largest absolute Gasteiger partial charge is 0.452 e. The molecule has 0 saturated heterocycles. The van der Waals surface area contributed by atoms with Crippen molar-refractivity contribution in [3.8, 4) is 0 Å². The molecule has 0 unspecified atom stereocenters. The fourth-order valence-corrected chi connectivity index (χ4v) is 2.54. The Morgan fingerprint density at radius 1 is 1.19 bits per heavy atom. The fourth-order valence-electron chi connectivity index (χ4n) is 2.54. The van der Waals surface area contributed by atoms with Crippen LogP contribution in [0, 0.1) is 10.1 Å². The normalized spacial score (nSPS) is 10.2. The number of nitro benzene ring substituents is 1. The molecule has 0 fully saturated rings. The van der Waals surface area contributed by atoms with Crippen LogP contribution in [0.2, 0.25) is 0 Å². The maximum atomic E-state index is 12.4. The number of ether oxygens (including phenoxy) is 1. The number of anilines is 2. The Balaban J connectivity index is 2.09. The Morgan fingerprint density at radius 2 is 1.89 bits per heavy atom. The van der Waals surface area contributed by atoms with Crippen LogP contribution in [0.5, 0.6) is 0 Å². The predicted octanol–water partition coefficient (Wildman–Crippen LogP) is 3.02. The molecule has 8 nitrogen and oxygen atoms in total. The Kier molecular flexibility index (Phi) is 6.48. The molecule has 8 heteroatoms. The molecular formula is C19H21N3O5. The Hall–Kier alpha value is -3.42. The summed E-state index contributed by atoms with van der Waals surface area (Å²) >= 11 is 0. The molecule has 142 valence electrons. The third kappa shape index (κ3) is 5.04. The summed E-state index contributed by atoms with van der Waals surface area (Å²) in [5.74, 6) is -1.29. The minimum absolute atomic E-state index is 0.0240. The lowest BCUT2D eigenvalue weighted by atomic mass is 10.1. The van der Waals surface area contributed by atoms with E-state index < -0.39 is 23.4 Å². The standard InChI is InChI=1S/C19H21N3O5/c1-4-13-7-5-6-8-16(13)20-18(23)12-27-19(24)15-11-14(22(25)26)9-10-17(15)21(2)3/h5-11H,4,12H2,1-3H3,(H,20,23). The van der Waals surface area contributed by atoms with E-state index >= 15 is 0 Å². The van der Waals surface area contributed by atoms with Crippen LogP contribution < -0.4 is 10.2 Å². The van der Waals surface area contributed by atoms with Crippen LogP contribution in [0.25, 0.3) is 0 Å². The maximum Gasteiger partial charge on any atom is 0.341 e. The number of aryl methyl sites for hydroxylation is 1. The summed E-state index contributed by atoms with van der Waals surface area (Å²) in [7, 11) is 3.40. The molecule has 0 aromatic heterocycles. The van der Waals surface area contributed by atoms with Gasteiger partial charge in [0.05, 0.1) is 16.2 Å². The molecule has 0 radical (unpaired) electrons. The van der Waals surface area contributed by atoms with Crippen molar-refractivity contribution in [2.24, 2.45) is 0 Å². The van der Waals surface area contributed by atoms with Crippen molar-refractivity contribution in [2.75, 3.05) is 30.9 Å². The molecule has 0 heterocycles. The number of rotatable bonds is 7.